The Morgan fingerprint density at radius 2 is 2.33 bits per heavy atom. The summed E-state index contributed by atoms with van der Waals surface area (Å²) in [6.07, 6.45) is 2.44. The zero-order valence-electron chi connectivity index (χ0n) is 8.22. The normalized spacial score (nSPS) is 10.1. The minimum Gasteiger partial charge on any atom is -0.300 e. The van der Waals surface area contributed by atoms with E-state index in [-0.39, 0.29) is 0 Å². The first kappa shape index (κ1) is 9.51. The third-order valence-electron chi connectivity index (χ3n) is 1.93. The first-order chi connectivity index (χ1) is 7.40. The smallest absolute Gasteiger partial charge is 0.199 e. The van der Waals surface area contributed by atoms with Crippen LogP contribution in [0.25, 0.3) is 11.5 Å². The number of nitrogens with one attached hydrogen (secondary N) is 1. The molecular weight excluding hydrogens is 190 g/mol. The number of aromatic amines is 1. The molecule has 0 saturated carbocycles. The maximum atomic E-state index is 4.30. The number of aromatic nitrogens is 4. The molecule has 0 spiro atoms. The topological polar surface area (TPSA) is 66.8 Å². The summed E-state index contributed by atoms with van der Waals surface area (Å²) in [6.45, 7) is 4.07. The van der Waals surface area contributed by atoms with Gasteiger partial charge in [0.05, 0.1) is 0 Å². The van der Waals surface area contributed by atoms with Crippen molar-refractivity contribution in [2.45, 2.75) is 6.42 Å². The number of aliphatic imine (C=N–C) groups is 1. The van der Waals surface area contributed by atoms with Crippen molar-refractivity contribution in [3.8, 4) is 11.5 Å². The Morgan fingerprint density at radius 3 is 3.07 bits per heavy atom. The van der Waals surface area contributed by atoms with Crippen LogP contribution in [0.2, 0.25) is 0 Å². The lowest BCUT2D eigenvalue weighted by atomic mass is 10.3. The van der Waals surface area contributed by atoms with Crippen molar-refractivity contribution in [2.24, 2.45) is 4.99 Å². The lowest BCUT2D eigenvalue weighted by Crippen LogP contribution is -1.91. The molecule has 76 valence electrons. The average molecular weight is 201 g/mol. The monoisotopic (exact) mass is 201 g/mol. The lowest BCUT2D eigenvalue weighted by Gasteiger charge is -1.91. The molecule has 0 fully saturated rings. The van der Waals surface area contributed by atoms with Crippen LogP contribution in [-0.4, -0.2) is 33.4 Å². The third kappa shape index (κ3) is 2.25. The fourth-order valence-electron chi connectivity index (χ4n) is 1.20. The van der Waals surface area contributed by atoms with Crippen molar-refractivity contribution in [3.63, 3.8) is 0 Å². The molecule has 0 bridgehead atoms. The largest absolute Gasteiger partial charge is 0.300 e. The average Bonchev–Trinajstić information content (AvgIpc) is 2.76. The Hall–Kier alpha value is -2.04. The molecule has 0 aliphatic carbocycles. The molecule has 2 aromatic rings. The number of rotatable bonds is 4. The fraction of sp³-hybridized carbons (Fsp3) is 0.200. The standard InChI is InChI=1S/C10H11N5/c1-11-7-5-9-13-10(15-14-9)8-4-2-3-6-12-8/h2-4,6H,1,5,7H2,(H,13,14,15). The molecule has 0 radical (unpaired) electrons. The van der Waals surface area contributed by atoms with E-state index >= 15 is 0 Å². The molecule has 0 aliphatic heterocycles. The van der Waals surface area contributed by atoms with Gasteiger partial charge in [-0.05, 0) is 18.9 Å². The van der Waals surface area contributed by atoms with E-state index in [2.05, 4.69) is 31.9 Å². The van der Waals surface area contributed by atoms with Gasteiger partial charge >= 0.3 is 0 Å². The second-order valence-electron chi connectivity index (χ2n) is 3.02. The van der Waals surface area contributed by atoms with E-state index in [0.717, 1.165) is 17.9 Å². The molecule has 2 rings (SSSR count). The summed E-state index contributed by atoms with van der Waals surface area (Å²) in [6, 6.07) is 5.64. The minimum atomic E-state index is 0.620. The molecule has 5 heteroatoms. The van der Waals surface area contributed by atoms with Crippen LogP contribution >= 0.6 is 0 Å². The lowest BCUT2D eigenvalue weighted by molar-refractivity contribution is 0.879. The fourth-order valence-corrected chi connectivity index (χ4v) is 1.20. The highest BCUT2D eigenvalue weighted by Crippen LogP contribution is 2.09. The summed E-state index contributed by atoms with van der Waals surface area (Å²) >= 11 is 0. The van der Waals surface area contributed by atoms with Gasteiger partial charge < -0.3 is 4.99 Å². The van der Waals surface area contributed by atoms with Crippen LogP contribution in [0.3, 0.4) is 0 Å². The zero-order valence-corrected chi connectivity index (χ0v) is 8.22. The highest BCUT2D eigenvalue weighted by atomic mass is 15.2. The maximum absolute atomic E-state index is 4.30. The molecule has 0 saturated heterocycles. The van der Waals surface area contributed by atoms with Crippen molar-refractivity contribution >= 4 is 6.72 Å². The van der Waals surface area contributed by atoms with Crippen molar-refractivity contribution in [1.82, 2.24) is 20.2 Å². The maximum Gasteiger partial charge on any atom is 0.199 e. The Morgan fingerprint density at radius 1 is 1.40 bits per heavy atom. The Bertz CT molecular complexity index is 434. The van der Waals surface area contributed by atoms with Gasteiger partial charge in [-0.1, -0.05) is 6.07 Å². The van der Waals surface area contributed by atoms with E-state index in [4.69, 9.17) is 0 Å². The molecule has 0 aromatic carbocycles. The quantitative estimate of drug-likeness (QED) is 0.753. The van der Waals surface area contributed by atoms with Gasteiger partial charge in [0, 0.05) is 19.2 Å². The van der Waals surface area contributed by atoms with E-state index < -0.39 is 0 Å². The van der Waals surface area contributed by atoms with E-state index in [0.29, 0.717) is 12.4 Å². The van der Waals surface area contributed by atoms with Crippen LogP contribution in [0.15, 0.2) is 29.4 Å². The summed E-state index contributed by atoms with van der Waals surface area (Å²) in [4.78, 5) is 12.2. The van der Waals surface area contributed by atoms with Crippen molar-refractivity contribution in [3.05, 3.63) is 30.2 Å². The van der Waals surface area contributed by atoms with Gasteiger partial charge in [-0.25, -0.2) is 4.98 Å². The van der Waals surface area contributed by atoms with Gasteiger partial charge in [0.1, 0.15) is 11.5 Å². The number of nitrogens with zero attached hydrogens (tertiary/aromatic N) is 4. The van der Waals surface area contributed by atoms with Gasteiger partial charge in [-0.15, -0.1) is 0 Å². The van der Waals surface area contributed by atoms with Crippen molar-refractivity contribution < 1.29 is 0 Å². The predicted octanol–water partition coefficient (Wildman–Crippen LogP) is 1.11. The summed E-state index contributed by atoms with van der Waals surface area (Å²) in [7, 11) is 0. The first-order valence-electron chi connectivity index (χ1n) is 4.65. The van der Waals surface area contributed by atoms with Crippen molar-refractivity contribution in [2.75, 3.05) is 6.54 Å². The number of hydrogen-bond acceptors (Lipinski definition) is 4. The second-order valence-corrected chi connectivity index (χ2v) is 3.02. The van der Waals surface area contributed by atoms with Crippen LogP contribution < -0.4 is 0 Å². The van der Waals surface area contributed by atoms with E-state index in [9.17, 15) is 0 Å². The summed E-state index contributed by atoms with van der Waals surface area (Å²) in [5, 5.41) is 6.93. The molecule has 2 aromatic heterocycles. The van der Waals surface area contributed by atoms with E-state index in [1.165, 1.54) is 0 Å². The second kappa shape index (κ2) is 4.45. The Balaban J connectivity index is 2.17. The van der Waals surface area contributed by atoms with Crippen LogP contribution in [0.5, 0.6) is 0 Å². The van der Waals surface area contributed by atoms with Gasteiger partial charge in [-0.3, -0.25) is 10.1 Å². The van der Waals surface area contributed by atoms with Gasteiger partial charge in [0.2, 0.25) is 0 Å². The molecular formula is C10H11N5. The van der Waals surface area contributed by atoms with Gasteiger partial charge in [-0.2, -0.15) is 5.10 Å². The van der Waals surface area contributed by atoms with Crippen LogP contribution in [0.1, 0.15) is 5.82 Å². The molecule has 0 amide bonds. The molecule has 0 aliphatic rings. The SMILES string of the molecule is C=NCCc1nc(-c2ccccn2)n[nH]1. The molecule has 0 unspecified atom stereocenters. The number of hydrogen-bond donors (Lipinski definition) is 1. The van der Waals surface area contributed by atoms with E-state index in [1.54, 1.807) is 6.20 Å². The minimum absolute atomic E-state index is 0.620. The van der Waals surface area contributed by atoms with Crippen LogP contribution in [0.4, 0.5) is 0 Å². The molecule has 1 N–H and O–H groups in total. The molecule has 0 atom stereocenters. The van der Waals surface area contributed by atoms with Crippen molar-refractivity contribution in [1.29, 1.82) is 0 Å². The van der Waals surface area contributed by atoms with Crippen LogP contribution in [0, 0.1) is 0 Å². The van der Waals surface area contributed by atoms with Crippen LogP contribution in [-0.2, 0) is 6.42 Å². The predicted molar refractivity (Wildman–Crippen MR) is 57.7 cm³/mol. The third-order valence-corrected chi connectivity index (χ3v) is 1.93. The first-order valence-corrected chi connectivity index (χ1v) is 4.65. The van der Waals surface area contributed by atoms with E-state index in [1.807, 2.05) is 18.2 Å². The Kier molecular flexibility index (Phi) is 2.82. The Labute approximate surface area is 87.3 Å². The molecule has 2 heterocycles. The molecule has 15 heavy (non-hydrogen) atoms. The summed E-state index contributed by atoms with van der Waals surface area (Å²) in [5.41, 5.74) is 0.770. The highest BCUT2D eigenvalue weighted by Gasteiger charge is 2.05. The summed E-state index contributed by atoms with van der Waals surface area (Å²) in [5.74, 6) is 1.43. The number of pyridine rings is 1. The molecule has 5 nitrogen and oxygen atoms in total. The zero-order chi connectivity index (χ0) is 10.5. The van der Waals surface area contributed by atoms with Gasteiger partial charge in [0.15, 0.2) is 5.82 Å². The van der Waals surface area contributed by atoms with Gasteiger partial charge in [0.25, 0.3) is 0 Å². The number of H-pyrrole nitrogens is 1. The highest BCUT2D eigenvalue weighted by molar-refractivity contribution is 5.47. The summed E-state index contributed by atoms with van der Waals surface area (Å²) < 4.78 is 0.